The van der Waals surface area contributed by atoms with Crippen LogP contribution in [-0.4, -0.2) is 23.9 Å². The van der Waals surface area contributed by atoms with E-state index in [4.69, 9.17) is 5.73 Å². The molecule has 1 saturated heterocycles. The summed E-state index contributed by atoms with van der Waals surface area (Å²) in [6.07, 6.45) is 1.81. The molecule has 1 aromatic rings. The maximum absolute atomic E-state index is 13.7. The number of likely N-dealkylation sites (tertiary alicyclic amines) is 1. The predicted octanol–water partition coefficient (Wildman–Crippen LogP) is 1.23. The molecule has 1 heterocycles. The van der Waals surface area contributed by atoms with Crippen LogP contribution >= 0.6 is 0 Å². The monoisotopic (exact) mass is 234 g/mol. The maximum atomic E-state index is 13.7. The van der Waals surface area contributed by atoms with Crippen LogP contribution in [0.2, 0.25) is 0 Å². The minimum Gasteiger partial charge on any atom is -0.369 e. The lowest BCUT2D eigenvalue weighted by molar-refractivity contribution is -0.119. The predicted molar refractivity (Wildman–Crippen MR) is 61.7 cm³/mol. The molecule has 17 heavy (non-hydrogen) atoms. The first-order valence-corrected chi connectivity index (χ1v) is 5.96. The molecule has 2 N–H and O–H groups in total. The van der Waals surface area contributed by atoms with E-state index in [0.717, 1.165) is 30.5 Å². The van der Waals surface area contributed by atoms with Crippen LogP contribution in [0.15, 0.2) is 18.2 Å². The Bertz CT molecular complexity index is 474. The number of nitrogens with zero attached hydrogens (tertiary/aromatic N) is 1. The maximum Gasteiger partial charge on any atom is 0.231 e. The number of primary amides is 1. The van der Waals surface area contributed by atoms with Crippen molar-refractivity contribution >= 4 is 5.91 Å². The lowest BCUT2D eigenvalue weighted by Crippen LogP contribution is -2.33. The highest BCUT2D eigenvalue weighted by Crippen LogP contribution is 2.46. The highest BCUT2D eigenvalue weighted by Gasteiger charge is 2.42. The van der Waals surface area contributed by atoms with Crippen LogP contribution in [0.4, 0.5) is 4.39 Å². The third-order valence-electron chi connectivity index (χ3n) is 3.93. The SMILES string of the molecule is NC(=O)CN1CCC2Cc3c(F)cccc3C21. The number of benzene rings is 1. The molecule has 1 amide bonds. The van der Waals surface area contributed by atoms with Crippen molar-refractivity contribution in [3.8, 4) is 0 Å². The van der Waals surface area contributed by atoms with E-state index in [2.05, 4.69) is 4.90 Å². The van der Waals surface area contributed by atoms with Crippen molar-refractivity contribution in [1.82, 2.24) is 4.90 Å². The average Bonchev–Trinajstić information content (AvgIpc) is 2.79. The van der Waals surface area contributed by atoms with Gasteiger partial charge in [0.15, 0.2) is 0 Å². The summed E-state index contributed by atoms with van der Waals surface area (Å²) in [4.78, 5) is 13.1. The van der Waals surface area contributed by atoms with Gasteiger partial charge in [0.05, 0.1) is 6.54 Å². The average molecular weight is 234 g/mol. The normalized spacial score (nSPS) is 26.9. The minimum atomic E-state index is -0.310. The Morgan fingerprint density at radius 2 is 2.35 bits per heavy atom. The lowest BCUT2D eigenvalue weighted by atomic mass is 10.0. The summed E-state index contributed by atoms with van der Waals surface area (Å²) in [7, 11) is 0. The van der Waals surface area contributed by atoms with E-state index in [9.17, 15) is 9.18 Å². The first-order chi connectivity index (χ1) is 8.16. The Balaban J connectivity index is 1.95. The van der Waals surface area contributed by atoms with Crippen molar-refractivity contribution in [2.24, 2.45) is 11.7 Å². The number of hydrogen-bond donors (Lipinski definition) is 1. The van der Waals surface area contributed by atoms with Crippen molar-refractivity contribution in [2.45, 2.75) is 18.9 Å². The molecule has 4 heteroatoms. The van der Waals surface area contributed by atoms with Gasteiger partial charge in [-0.05, 0) is 42.5 Å². The fourth-order valence-electron chi connectivity index (χ4n) is 3.30. The van der Waals surface area contributed by atoms with E-state index in [1.165, 1.54) is 6.07 Å². The topological polar surface area (TPSA) is 46.3 Å². The van der Waals surface area contributed by atoms with Crippen LogP contribution in [0.1, 0.15) is 23.6 Å². The van der Waals surface area contributed by atoms with Gasteiger partial charge in [0, 0.05) is 6.04 Å². The van der Waals surface area contributed by atoms with Gasteiger partial charge in [0.1, 0.15) is 5.82 Å². The lowest BCUT2D eigenvalue weighted by Gasteiger charge is -2.23. The van der Waals surface area contributed by atoms with Crippen LogP contribution in [0.5, 0.6) is 0 Å². The zero-order chi connectivity index (χ0) is 12.0. The van der Waals surface area contributed by atoms with Crippen molar-refractivity contribution in [3.63, 3.8) is 0 Å². The van der Waals surface area contributed by atoms with E-state index >= 15 is 0 Å². The molecule has 90 valence electrons. The van der Waals surface area contributed by atoms with Gasteiger partial charge < -0.3 is 5.73 Å². The fourth-order valence-corrected chi connectivity index (χ4v) is 3.30. The third-order valence-corrected chi connectivity index (χ3v) is 3.93. The molecule has 0 aromatic heterocycles. The summed E-state index contributed by atoms with van der Waals surface area (Å²) in [5.74, 6) is 0.0210. The van der Waals surface area contributed by atoms with E-state index in [-0.39, 0.29) is 24.3 Å². The van der Waals surface area contributed by atoms with Crippen molar-refractivity contribution in [2.75, 3.05) is 13.1 Å². The molecular formula is C13H15FN2O. The van der Waals surface area contributed by atoms with Gasteiger partial charge in [-0.25, -0.2) is 4.39 Å². The van der Waals surface area contributed by atoms with Gasteiger partial charge in [-0.1, -0.05) is 12.1 Å². The van der Waals surface area contributed by atoms with E-state index in [0.29, 0.717) is 5.92 Å². The highest BCUT2D eigenvalue weighted by molar-refractivity contribution is 5.76. The molecule has 1 aliphatic heterocycles. The van der Waals surface area contributed by atoms with Crippen LogP contribution in [0, 0.1) is 11.7 Å². The van der Waals surface area contributed by atoms with Crippen molar-refractivity contribution < 1.29 is 9.18 Å². The molecular weight excluding hydrogens is 219 g/mol. The molecule has 2 unspecified atom stereocenters. The number of hydrogen-bond acceptors (Lipinski definition) is 2. The standard InChI is InChI=1S/C13H15FN2O/c14-11-3-1-2-9-10(11)6-8-4-5-16(13(8)9)7-12(15)17/h1-3,8,13H,4-7H2,(H2,15,17). The first-order valence-electron chi connectivity index (χ1n) is 5.96. The van der Waals surface area contributed by atoms with E-state index < -0.39 is 0 Å². The number of nitrogens with two attached hydrogens (primary N) is 1. The Morgan fingerprint density at radius 3 is 3.12 bits per heavy atom. The van der Waals surface area contributed by atoms with Gasteiger partial charge in [-0.3, -0.25) is 9.69 Å². The van der Waals surface area contributed by atoms with Crippen molar-refractivity contribution in [3.05, 3.63) is 35.1 Å². The summed E-state index contributed by atoms with van der Waals surface area (Å²) >= 11 is 0. The zero-order valence-corrected chi connectivity index (χ0v) is 9.53. The van der Waals surface area contributed by atoms with Gasteiger partial charge in [-0.15, -0.1) is 0 Å². The highest BCUT2D eigenvalue weighted by atomic mass is 19.1. The fraction of sp³-hybridized carbons (Fsp3) is 0.462. The van der Waals surface area contributed by atoms with Gasteiger partial charge in [0.2, 0.25) is 5.91 Å². The summed E-state index contributed by atoms with van der Waals surface area (Å²) in [5.41, 5.74) is 7.13. The Kier molecular flexibility index (Phi) is 2.40. The molecule has 2 atom stereocenters. The van der Waals surface area contributed by atoms with Crippen LogP contribution in [-0.2, 0) is 11.2 Å². The van der Waals surface area contributed by atoms with Crippen LogP contribution in [0.3, 0.4) is 0 Å². The second-order valence-corrected chi connectivity index (χ2v) is 4.94. The number of amides is 1. The Morgan fingerprint density at radius 1 is 1.53 bits per heavy atom. The summed E-state index contributed by atoms with van der Waals surface area (Å²) in [6.45, 7) is 1.16. The number of carbonyl (C=O) groups is 1. The number of carbonyl (C=O) groups excluding carboxylic acids is 1. The first kappa shape index (κ1) is 10.7. The molecule has 0 spiro atoms. The van der Waals surface area contributed by atoms with Gasteiger partial charge in [-0.2, -0.15) is 0 Å². The summed E-state index contributed by atoms with van der Waals surface area (Å²) in [6, 6.07) is 5.42. The Labute approximate surface area is 99.4 Å². The smallest absolute Gasteiger partial charge is 0.231 e. The van der Waals surface area contributed by atoms with Crippen molar-refractivity contribution in [1.29, 1.82) is 0 Å². The second-order valence-electron chi connectivity index (χ2n) is 4.94. The largest absolute Gasteiger partial charge is 0.369 e. The van der Waals surface area contributed by atoms with Crippen LogP contribution in [0.25, 0.3) is 0 Å². The van der Waals surface area contributed by atoms with E-state index in [1.807, 2.05) is 6.07 Å². The molecule has 2 aliphatic rings. The van der Waals surface area contributed by atoms with Gasteiger partial charge in [0.25, 0.3) is 0 Å². The molecule has 3 nitrogen and oxygen atoms in total. The van der Waals surface area contributed by atoms with E-state index in [1.54, 1.807) is 6.07 Å². The number of fused-ring (bicyclic) bond motifs is 3. The Hall–Kier alpha value is -1.42. The molecule has 3 rings (SSSR count). The third kappa shape index (κ3) is 1.63. The summed E-state index contributed by atoms with van der Waals surface area (Å²) in [5, 5.41) is 0. The van der Waals surface area contributed by atoms with Gasteiger partial charge >= 0.3 is 0 Å². The molecule has 1 fully saturated rings. The number of halogens is 1. The minimum absolute atomic E-state index is 0.115. The molecule has 0 saturated carbocycles. The summed E-state index contributed by atoms with van der Waals surface area (Å²) < 4.78 is 13.7. The molecule has 1 aliphatic carbocycles. The van der Waals surface area contributed by atoms with Crippen LogP contribution < -0.4 is 5.73 Å². The quantitative estimate of drug-likeness (QED) is 0.836. The molecule has 0 bridgehead atoms. The second kappa shape index (κ2) is 3.81. The molecule has 1 aromatic carbocycles. The zero-order valence-electron chi connectivity index (χ0n) is 9.53. The number of rotatable bonds is 2. The molecule has 0 radical (unpaired) electrons.